The summed E-state index contributed by atoms with van der Waals surface area (Å²) in [6.07, 6.45) is 1.52. The molecule has 5 rings (SSSR count). The number of aliphatic hydroxyl groups is 1. The fraction of sp³-hybridized carbons (Fsp3) is 0.300. The number of fused-ring (bicyclic) bond motifs is 1. The molecule has 0 saturated carbocycles. The minimum Gasteiger partial charge on any atom is -0.465 e. The number of benzene rings is 2. The molecule has 3 heterocycles. The number of halogens is 1. The lowest BCUT2D eigenvalue weighted by Crippen LogP contribution is -2.40. The molecule has 4 aromatic rings. The second-order valence-electron chi connectivity index (χ2n) is 10.2. The van der Waals surface area contributed by atoms with Crippen molar-refractivity contribution in [1.82, 2.24) is 19.6 Å². The van der Waals surface area contributed by atoms with Crippen LogP contribution >= 0.6 is 23.7 Å². The van der Waals surface area contributed by atoms with Crippen molar-refractivity contribution in [3.8, 4) is 5.75 Å². The summed E-state index contributed by atoms with van der Waals surface area (Å²) in [5.41, 5.74) is 0.530. The largest absolute Gasteiger partial charge is 0.465 e. The second kappa shape index (κ2) is 14.5. The zero-order valence-electron chi connectivity index (χ0n) is 24.1. The number of carbonyl (C=O) groups excluding carboxylic acids is 1. The number of rotatable bonds is 13. The fourth-order valence-electron chi connectivity index (χ4n) is 4.95. The smallest absolute Gasteiger partial charge is 0.459 e. The number of nitrogens with one attached hydrogen (secondary N) is 3. The molecule has 0 spiro atoms. The average Bonchev–Trinajstić information content (AvgIpc) is 3.60. The minimum absolute atomic E-state index is 0.0132. The van der Waals surface area contributed by atoms with Crippen LogP contribution in [-0.2, 0) is 29.8 Å². The average molecular weight is 703 g/mol. The molecule has 1 saturated heterocycles. The maximum Gasteiger partial charge on any atom is 0.459 e. The van der Waals surface area contributed by atoms with E-state index in [1.54, 1.807) is 43.5 Å². The first-order valence-electron chi connectivity index (χ1n) is 14.1. The highest BCUT2D eigenvalue weighted by molar-refractivity contribution is 9.11. The molecule has 0 aliphatic carbocycles. The molecule has 0 bridgehead atoms. The maximum absolute atomic E-state index is 14.3. The van der Waals surface area contributed by atoms with E-state index in [-0.39, 0.29) is 30.8 Å². The highest BCUT2D eigenvalue weighted by Gasteiger charge is 2.40. The SMILES string of the molecule is CCOC(=O)[C@H](Cc1c[nH]c2ccccc12)NP(=O)(OC[C@H]1O[C@@H](n2cc(/C=C/Br)c(=O)[nH]c2=O)C[C@@H]1O)Oc1ccccc1. The van der Waals surface area contributed by atoms with Gasteiger partial charge in [0.2, 0.25) is 0 Å². The van der Waals surface area contributed by atoms with Crippen molar-refractivity contribution >= 4 is 46.6 Å². The molecule has 0 radical (unpaired) electrons. The number of esters is 1. The van der Waals surface area contributed by atoms with Crippen LogP contribution in [0.3, 0.4) is 0 Å². The van der Waals surface area contributed by atoms with Crippen molar-refractivity contribution in [2.45, 2.75) is 44.2 Å². The number of carbonyl (C=O) groups is 1. The molecule has 13 nitrogen and oxygen atoms in total. The first kappa shape index (κ1) is 32.6. The molecule has 5 atom stereocenters. The van der Waals surface area contributed by atoms with Gasteiger partial charge in [-0.1, -0.05) is 52.3 Å². The topological polar surface area (TPSA) is 174 Å². The second-order valence-corrected chi connectivity index (χ2v) is 12.4. The van der Waals surface area contributed by atoms with Gasteiger partial charge in [-0.05, 0) is 41.7 Å². The summed E-state index contributed by atoms with van der Waals surface area (Å²) in [5.74, 6) is -0.452. The van der Waals surface area contributed by atoms with E-state index in [0.29, 0.717) is 0 Å². The molecule has 1 unspecified atom stereocenters. The number of aromatic amines is 2. The Morgan fingerprint density at radius 2 is 1.98 bits per heavy atom. The third-order valence-corrected chi connectivity index (χ3v) is 8.95. The van der Waals surface area contributed by atoms with E-state index in [9.17, 15) is 24.1 Å². The molecule has 1 fully saturated rings. The van der Waals surface area contributed by atoms with Crippen LogP contribution < -0.4 is 20.9 Å². The van der Waals surface area contributed by atoms with Crippen molar-refractivity contribution in [2.75, 3.05) is 13.2 Å². The van der Waals surface area contributed by atoms with Gasteiger partial charge in [0.05, 0.1) is 24.9 Å². The van der Waals surface area contributed by atoms with E-state index in [4.69, 9.17) is 18.5 Å². The minimum atomic E-state index is -4.34. The quantitative estimate of drug-likeness (QED) is 0.118. The standard InChI is InChI=1S/C30H32BrN4O9P/c1-2-41-29(38)24(14-20-16-32-23-11-7-6-10-22(20)23)34-45(40,44-21-8-4-3-5-9-21)42-18-26-25(36)15-27(43-26)35-17-19(12-13-31)28(37)33-30(35)39/h3-13,16-17,24-27,32,36H,2,14-15,18H2,1H3,(H,34,40)(H,33,37,39)/b13-12+/t24-,25-,26+,27+,45?/m0/s1. The first-order chi connectivity index (χ1) is 21.7. The van der Waals surface area contributed by atoms with Crippen molar-refractivity contribution in [3.05, 3.63) is 104 Å². The number of hydrogen-bond donors (Lipinski definition) is 4. The Kier molecular flexibility index (Phi) is 10.5. The summed E-state index contributed by atoms with van der Waals surface area (Å²) in [7, 11) is -4.34. The summed E-state index contributed by atoms with van der Waals surface area (Å²) < 4.78 is 38.3. The summed E-state index contributed by atoms with van der Waals surface area (Å²) in [4.78, 5) is 44.6. The van der Waals surface area contributed by atoms with Crippen LogP contribution in [0.1, 0.15) is 30.7 Å². The van der Waals surface area contributed by atoms with Gasteiger partial charge in [-0.25, -0.2) is 9.36 Å². The Labute approximate surface area is 265 Å². The van der Waals surface area contributed by atoms with Crippen LogP contribution in [0, 0.1) is 0 Å². The Hall–Kier alpha value is -3.78. The summed E-state index contributed by atoms with van der Waals surface area (Å²) in [6, 6.07) is 14.7. The van der Waals surface area contributed by atoms with Crippen LogP contribution in [0.15, 0.2) is 81.6 Å². The molecule has 45 heavy (non-hydrogen) atoms. The van der Waals surface area contributed by atoms with Gasteiger partial charge in [-0.15, -0.1) is 0 Å². The molecular weight excluding hydrogens is 671 g/mol. The predicted octanol–water partition coefficient (Wildman–Crippen LogP) is 4.00. The van der Waals surface area contributed by atoms with Crippen LogP contribution in [0.2, 0.25) is 0 Å². The molecule has 1 aliphatic rings. The third kappa shape index (κ3) is 7.90. The van der Waals surface area contributed by atoms with Crippen LogP contribution in [0.25, 0.3) is 17.0 Å². The lowest BCUT2D eigenvalue weighted by atomic mass is 10.1. The highest BCUT2D eigenvalue weighted by atomic mass is 79.9. The van der Waals surface area contributed by atoms with Crippen LogP contribution in [0.4, 0.5) is 0 Å². The van der Waals surface area contributed by atoms with E-state index in [1.807, 2.05) is 24.3 Å². The number of hydrogen-bond acceptors (Lipinski definition) is 9. The molecule has 4 N–H and O–H groups in total. The van der Waals surface area contributed by atoms with Gasteiger partial charge in [0.15, 0.2) is 0 Å². The third-order valence-electron chi connectivity index (χ3n) is 7.11. The number of H-pyrrole nitrogens is 2. The Morgan fingerprint density at radius 3 is 2.73 bits per heavy atom. The van der Waals surface area contributed by atoms with Gasteiger partial charge in [-0.3, -0.25) is 23.7 Å². The van der Waals surface area contributed by atoms with Crippen molar-refractivity contribution in [1.29, 1.82) is 0 Å². The van der Waals surface area contributed by atoms with Gasteiger partial charge in [-0.2, -0.15) is 5.09 Å². The highest BCUT2D eigenvalue weighted by Crippen LogP contribution is 2.46. The zero-order chi connectivity index (χ0) is 32.0. The number of para-hydroxylation sites is 2. The number of aliphatic hydroxyl groups excluding tert-OH is 1. The lowest BCUT2D eigenvalue weighted by Gasteiger charge is -2.26. The Bertz CT molecular complexity index is 1820. The fourth-order valence-corrected chi connectivity index (χ4v) is 6.74. The molecule has 2 aromatic carbocycles. The number of ether oxygens (including phenoxy) is 2. The van der Waals surface area contributed by atoms with E-state index < -0.39 is 56.0 Å². The molecule has 1 aliphatic heterocycles. The summed E-state index contributed by atoms with van der Waals surface area (Å²) in [5, 5.41) is 14.4. The van der Waals surface area contributed by atoms with Gasteiger partial charge < -0.3 is 24.1 Å². The van der Waals surface area contributed by atoms with E-state index in [0.717, 1.165) is 21.0 Å². The Morgan fingerprint density at radius 1 is 1.22 bits per heavy atom. The molecule has 0 amide bonds. The Balaban J connectivity index is 1.38. The van der Waals surface area contributed by atoms with Gasteiger partial charge in [0, 0.05) is 36.1 Å². The summed E-state index contributed by atoms with van der Waals surface area (Å²) >= 11 is 3.11. The van der Waals surface area contributed by atoms with E-state index in [2.05, 4.69) is 31.0 Å². The van der Waals surface area contributed by atoms with Crippen LogP contribution in [-0.4, -0.2) is 57.1 Å². The lowest BCUT2D eigenvalue weighted by molar-refractivity contribution is -0.145. The van der Waals surface area contributed by atoms with Gasteiger partial charge in [0.25, 0.3) is 5.56 Å². The first-order valence-corrected chi connectivity index (χ1v) is 16.6. The maximum atomic E-state index is 14.3. The van der Waals surface area contributed by atoms with Crippen LogP contribution in [0.5, 0.6) is 5.75 Å². The van der Waals surface area contributed by atoms with Crippen molar-refractivity contribution in [3.63, 3.8) is 0 Å². The van der Waals surface area contributed by atoms with Crippen molar-refractivity contribution < 1.29 is 33.0 Å². The normalized spacial score (nSPS) is 20.3. The molecule has 238 valence electrons. The molecule has 2 aromatic heterocycles. The van der Waals surface area contributed by atoms with E-state index in [1.165, 1.54) is 17.3 Å². The zero-order valence-corrected chi connectivity index (χ0v) is 26.6. The number of nitrogens with zero attached hydrogens (tertiary/aromatic N) is 1. The summed E-state index contributed by atoms with van der Waals surface area (Å²) in [6.45, 7) is 1.33. The van der Waals surface area contributed by atoms with E-state index >= 15 is 0 Å². The number of aromatic nitrogens is 3. The molecular formula is C30H32BrN4O9P. The van der Waals surface area contributed by atoms with Gasteiger partial charge in [0.1, 0.15) is 24.1 Å². The molecule has 15 heteroatoms. The monoisotopic (exact) mass is 702 g/mol. The van der Waals surface area contributed by atoms with Gasteiger partial charge >= 0.3 is 19.4 Å². The van der Waals surface area contributed by atoms with Crippen molar-refractivity contribution in [2.24, 2.45) is 0 Å². The predicted molar refractivity (Wildman–Crippen MR) is 170 cm³/mol.